The standard InChI is InChI=1S/C30H33N3O4/c1-4-22-5-7-23(8-6-22)17-31-30(36)24-16-29(35)33(18-24)26-9-11-27(12-10-26)37-19-28(34)32-25-14-20(2)13-21(3)15-25/h5-15,24H,4,16-19H2,1-3H3,(H,31,36)(H,32,34)/t24-/m1/s1. The summed E-state index contributed by atoms with van der Waals surface area (Å²) in [5.74, 6) is -0.334. The Balaban J connectivity index is 1.26. The number of carbonyl (C=O) groups excluding carboxylic acids is 3. The van der Waals surface area contributed by atoms with Crippen molar-refractivity contribution in [2.75, 3.05) is 23.4 Å². The van der Waals surface area contributed by atoms with Crippen LogP contribution in [0.25, 0.3) is 0 Å². The van der Waals surface area contributed by atoms with Crippen LogP contribution in [-0.2, 0) is 27.3 Å². The number of ether oxygens (including phenoxy) is 1. The molecule has 0 saturated carbocycles. The molecule has 0 aliphatic carbocycles. The molecular formula is C30H33N3O4. The van der Waals surface area contributed by atoms with Gasteiger partial charge in [0.1, 0.15) is 5.75 Å². The van der Waals surface area contributed by atoms with Crippen LogP contribution in [0.1, 0.15) is 35.6 Å². The average molecular weight is 500 g/mol. The Kier molecular flexibility index (Phi) is 8.23. The maximum Gasteiger partial charge on any atom is 0.262 e. The second kappa shape index (κ2) is 11.7. The fourth-order valence-corrected chi connectivity index (χ4v) is 4.47. The maximum atomic E-state index is 12.7. The number of rotatable bonds is 9. The number of benzene rings is 3. The number of aryl methyl sites for hydroxylation is 3. The van der Waals surface area contributed by atoms with Crippen molar-refractivity contribution in [3.63, 3.8) is 0 Å². The van der Waals surface area contributed by atoms with Gasteiger partial charge in [0.2, 0.25) is 11.8 Å². The third-order valence-corrected chi connectivity index (χ3v) is 6.42. The monoisotopic (exact) mass is 499 g/mol. The first-order valence-corrected chi connectivity index (χ1v) is 12.6. The number of hydrogen-bond donors (Lipinski definition) is 2. The van der Waals surface area contributed by atoms with E-state index >= 15 is 0 Å². The molecule has 1 atom stereocenters. The minimum Gasteiger partial charge on any atom is -0.484 e. The Morgan fingerprint density at radius 1 is 0.946 bits per heavy atom. The van der Waals surface area contributed by atoms with Crippen molar-refractivity contribution in [2.24, 2.45) is 5.92 Å². The summed E-state index contributed by atoms with van der Waals surface area (Å²) in [7, 11) is 0. The summed E-state index contributed by atoms with van der Waals surface area (Å²) in [5, 5.41) is 5.80. The van der Waals surface area contributed by atoms with E-state index in [2.05, 4.69) is 29.7 Å². The van der Waals surface area contributed by atoms with Crippen LogP contribution in [0, 0.1) is 19.8 Å². The largest absolute Gasteiger partial charge is 0.484 e. The molecule has 192 valence electrons. The van der Waals surface area contributed by atoms with Gasteiger partial charge in [-0.1, -0.05) is 37.3 Å². The molecule has 3 aromatic rings. The number of nitrogens with one attached hydrogen (secondary N) is 2. The SMILES string of the molecule is CCc1ccc(CNC(=O)[C@@H]2CC(=O)N(c3ccc(OCC(=O)Nc4cc(C)cc(C)c4)cc3)C2)cc1. The maximum absolute atomic E-state index is 12.7. The summed E-state index contributed by atoms with van der Waals surface area (Å²) in [5.41, 5.74) is 5.87. The minimum absolute atomic E-state index is 0.0889. The van der Waals surface area contributed by atoms with E-state index in [0.29, 0.717) is 24.5 Å². The van der Waals surface area contributed by atoms with Crippen LogP contribution in [0.15, 0.2) is 66.7 Å². The average Bonchev–Trinajstić information content (AvgIpc) is 3.27. The van der Waals surface area contributed by atoms with E-state index in [9.17, 15) is 14.4 Å². The molecule has 0 unspecified atom stereocenters. The second-order valence-electron chi connectivity index (χ2n) is 9.50. The Labute approximate surface area is 217 Å². The van der Waals surface area contributed by atoms with Gasteiger partial charge in [0.05, 0.1) is 5.92 Å². The zero-order valence-electron chi connectivity index (χ0n) is 21.5. The first-order valence-electron chi connectivity index (χ1n) is 12.6. The third kappa shape index (κ3) is 6.97. The fourth-order valence-electron chi connectivity index (χ4n) is 4.47. The predicted octanol–water partition coefficient (Wildman–Crippen LogP) is 4.55. The first kappa shape index (κ1) is 25.9. The molecule has 1 saturated heterocycles. The molecule has 4 rings (SSSR count). The normalized spacial score (nSPS) is 14.9. The Hall–Kier alpha value is -4.13. The highest BCUT2D eigenvalue weighted by Crippen LogP contribution is 2.27. The van der Waals surface area contributed by atoms with E-state index in [1.165, 1.54) is 5.56 Å². The number of anilines is 2. The second-order valence-corrected chi connectivity index (χ2v) is 9.50. The molecule has 1 aliphatic heterocycles. The highest BCUT2D eigenvalue weighted by Gasteiger charge is 2.35. The van der Waals surface area contributed by atoms with Crippen LogP contribution in [0.4, 0.5) is 11.4 Å². The van der Waals surface area contributed by atoms with E-state index in [-0.39, 0.29) is 30.7 Å². The number of nitrogens with zero attached hydrogens (tertiary/aromatic N) is 1. The van der Waals surface area contributed by atoms with Crippen LogP contribution in [0.5, 0.6) is 5.75 Å². The Morgan fingerprint density at radius 2 is 1.59 bits per heavy atom. The molecule has 0 spiro atoms. The quantitative estimate of drug-likeness (QED) is 0.452. The van der Waals surface area contributed by atoms with Gasteiger partial charge in [-0.25, -0.2) is 0 Å². The van der Waals surface area contributed by atoms with Gasteiger partial charge < -0.3 is 20.3 Å². The highest BCUT2D eigenvalue weighted by atomic mass is 16.5. The molecule has 0 radical (unpaired) electrons. The molecule has 1 heterocycles. The highest BCUT2D eigenvalue weighted by molar-refractivity contribution is 6.00. The van der Waals surface area contributed by atoms with Gasteiger partial charge in [0.15, 0.2) is 6.61 Å². The number of amides is 3. The van der Waals surface area contributed by atoms with Crippen LogP contribution in [-0.4, -0.2) is 30.9 Å². The summed E-state index contributed by atoms with van der Waals surface area (Å²) in [6.45, 7) is 6.71. The summed E-state index contributed by atoms with van der Waals surface area (Å²) in [6, 6.07) is 21.0. The van der Waals surface area contributed by atoms with Crippen LogP contribution in [0.2, 0.25) is 0 Å². The topological polar surface area (TPSA) is 87.7 Å². The van der Waals surface area contributed by atoms with Crippen molar-refractivity contribution >= 4 is 29.1 Å². The molecule has 3 amide bonds. The minimum atomic E-state index is -0.396. The van der Waals surface area contributed by atoms with Gasteiger partial charge >= 0.3 is 0 Å². The lowest BCUT2D eigenvalue weighted by Crippen LogP contribution is -2.32. The molecule has 1 fully saturated rings. The molecule has 37 heavy (non-hydrogen) atoms. The molecular weight excluding hydrogens is 466 g/mol. The van der Waals surface area contributed by atoms with E-state index in [1.807, 2.05) is 44.2 Å². The van der Waals surface area contributed by atoms with Gasteiger partial charge in [-0.2, -0.15) is 0 Å². The van der Waals surface area contributed by atoms with Gasteiger partial charge in [-0.15, -0.1) is 0 Å². The van der Waals surface area contributed by atoms with Crippen LogP contribution < -0.4 is 20.3 Å². The van der Waals surface area contributed by atoms with E-state index in [0.717, 1.165) is 28.8 Å². The van der Waals surface area contributed by atoms with Crippen LogP contribution in [0.3, 0.4) is 0 Å². The van der Waals surface area contributed by atoms with Gasteiger partial charge in [-0.05, 0) is 78.9 Å². The zero-order chi connectivity index (χ0) is 26.4. The third-order valence-electron chi connectivity index (χ3n) is 6.42. The summed E-state index contributed by atoms with van der Waals surface area (Å²) in [6.07, 6.45) is 1.15. The summed E-state index contributed by atoms with van der Waals surface area (Å²) < 4.78 is 5.61. The van der Waals surface area contributed by atoms with Crippen molar-refractivity contribution in [2.45, 2.75) is 40.2 Å². The molecule has 1 aliphatic rings. The van der Waals surface area contributed by atoms with Crippen molar-refractivity contribution in [1.82, 2.24) is 5.32 Å². The van der Waals surface area contributed by atoms with E-state index in [4.69, 9.17) is 4.74 Å². The van der Waals surface area contributed by atoms with Crippen molar-refractivity contribution in [1.29, 1.82) is 0 Å². The first-order chi connectivity index (χ1) is 17.8. The summed E-state index contributed by atoms with van der Waals surface area (Å²) >= 11 is 0. The van der Waals surface area contributed by atoms with Crippen molar-refractivity contribution in [3.05, 3.63) is 89.0 Å². The lowest BCUT2D eigenvalue weighted by molar-refractivity contribution is -0.126. The zero-order valence-corrected chi connectivity index (χ0v) is 21.5. The van der Waals surface area contributed by atoms with Gasteiger partial charge in [0.25, 0.3) is 5.91 Å². The van der Waals surface area contributed by atoms with Crippen molar-refractivity contribution < 1.29 is 19.1 Å². The van der Waals surface area contributed by atoms with Crippen molar-refractivity contribution in [3.8, 4) is 5.75 Å². The molecule has 0 bridgehead atoms. The molecule has 7 heteroatoms. The van der Waals surface area contributed by atoms with Crippen LogP contribution >= 0.6 is 0 Å². The number of carbonyl (C=O) groups is 3. The van der Waals surface area contributed by atoms with Gasteiger partial charge in [-0.3, -0.25) is 14.4 Å². The molecule has 7 nitrogen and oxygen atoms in total. The smallest absolute Gasteiger partial charge is 0.262 e. The Bertz CT molecular complexity index is 1250. The lowest BCUT2D eigenvalue weighted by atomic mass is 10.1. The number of hydrogen-bond acceptors (Lipinski definition) is 4. The fraction of sp³-hybridized carbons (Fsp3) is 0.300. The van der Waals surface area contributed by atoms with E-state index in [1.54, 1.807) is 29.2 Å². The molecule has 0 aromatic heterocycles. The molecule has 3 aromatic carbocycles. The molecule has 2 N–H and O–H groups in total. The van der Waals surface area contributed by atoms with E-state index < -0.39 is 5.92 Å². The summed E-state index contributed by atoms with van der Waals surface area (Å²) in [4.78, 5) is 39.2. The lowest BCUT2D eigenvalue weighted by Gasteiger charge is -2.17. The Morgan fingerprint density at radius 3 is 2.24 bits per heavy atom. The predicted molar refractivity (Wildman–Crippen MR) is 145 cm³/mol. The van der Waals surface area contributed by atoms with Gasteiger partial charge in [0, 0.05) is 30.9 Å².